The van der Waals surface area contributed by atoms with E-state index in [0.29, 0.717) is 29.8 Å². The standard InChI is InChI=1S/C42H52N2O4/c1-3-16-42(17-7-8-18-42)33-22-29(20-28-15-19-44-41(43)23-28)21-31-12-14-35(30-9-5-4-6-10-30)36-27-39(47)40(48-2)24-32(36)11-13-34(45)26-38(46)37(31)25-33/h4-6,9-10,15,23-24,27,29,31,33,35,37,44,47H,3,7-8,11,13,16-22,25-26,43H2,1-2H3. The van der Waals surface area contributed by atoms with Crippen molar-refractivity contribution in [1.82, 2.24) is 5.32 Å². The summed E-state index contributed by atoms with van der Waals surface area (Å²) in [7, 11) is 1.53. The van der Waals surface area contributed by atoms with Gasteiger partial charge in [0.25, 0.3) is 0 Å². The van der Waals surface area contributed by atoms with E-state index in [4.69, 9.17) is 10.5 Å². The molecule has 0 aromatic heterocycles. The predicted octanol–water partition coefficient (Wildman–Crippen LogP) is 7.74. The summed E-state index contributed by atoms with van der Waals surface area (Å²) in [5.74, 6) is 8.62. The number of phenols is 1. The van der Waals surface area contributed by atoms with Gasteiger partial charge in [0.2, 0.25) is 0 Å². The first kappa shape index (κ1) is 33.9. The molecule has 1 aliphatic heterocycles. The number of benzene rings is 2. The predicted molar refractivity (Wildman–Crippen MR) is 190 cm³/mol. The second-order valence-electron chi connectivity index (χ2n) is 14.8. The molecule has 0 radical (unpaired) electrons. The second kappa shape index (κ2) is 15.1. The quantitative estimate of drug-likeness (QED) is 0.210. The Labute approximate surface area is 286 Å². The summed E-state index contributed by atoms with van der Waals surface area (Å²) in [6.07, 6.45) is 15.9. The number of aromatic hydroxyl groups is 1. The fourth-order valence-electron chi connectivity index (χ4n) is 9.44. The molecule has 0 saturated heterocycles. The van der Waals surface area contributed by atoms with Gasteiger partial charge >= 0.3 is 0 Å². The van der Waals surface area contributed by atoms with Gasteiger partial charge in [-0.2, -0.15) is 0 Å². The summed E-state index contributed by atoms with van der Waals surface area (Å²) < 4.78 is 5.47. The van der Waals surface area contributed by atoms with Crippen LogP contribution in [-0.2, 0) is 16.0 Å². The Bertz CT molecular complexity index is 1610. The highest BCUT2D eigenvalue weighted by Crippen LogP contribution is 2.55. The zero-order chi connectivity index (χ0) is 33.7. The van der Waals surface area contributed by atoms with Crippen molar-refractivity contribution in [3.8, 4) is 23.3 Å². The molecule has 48 heavy (non-hydrogen) atoms. The van der Waals surface area contributed by atoms with Crippen molar-refractivity contribution in [3.05, 3.63) is 82.7 Å². The van der Waals surface area contributed by atoms with Crippen LogP contribution in [0.5, 0.6) is 11.5 Å². The molecule has 6 rings (SSSR count). The Balaban J connectivity index is 1.47. The molecule has 2 aromatic carbocycles. The van der Waals surface area contributed by atoms with Crippen LogP contribution in [0.3, 0.4) is 0 Å². The molecule has 254 valence electrons. The fraction of sp³-hybridized carbons (Fsp3) is 0.524. The van der Waals surface area contributed by atoms with Gasteiger partial charge in [-0.25, -0.2) is 0 Å². The van der Waals surface area contributed by atoms with Crippen molar-refractivity contribution in [1.29, 1.82) is 0 Å². The molecule has 6 nitrogen and oxygen atoms in total. The molecule has 2 aromatic rings. The van der Waals surface area contributed by atoms with Gasteiger partial charge in [-0.15, -0.1) is 0 Å². The minimum absolute atomic E-state index is 0.0245. The summed E-state index contributed by atoms with van der Waals surface area (Å²) in [4.78, 5) is 27.9. The molecule has 0 spiro atoms. The summed E-state index contributed by atoms with van der Waals surface area (Å²) in [6.45, 7) is 3.03. The van der Waals surface area contributed by atoms with E-state index in [2.05, 4.69) is 48.4 Å². The molecule has 1 heterocycles. The molecule has 6 heteroatoms. The number of allylic oxidation sites excluding steroid dienone is 2. The van der Waals surface area contributed by atoms with E-state index in [0.717, 1.165) is 55.3 Å². The van der Waals surface area contributed by atoms with Gasteiger partial charge in [0.15, 0.2) is 11.5 Å². The lowest BCUT2D eigenvalue weighted by Crippen LogP contribution is -2.33. The number of rotatable bonds is 7. The van der Waals surface area contributed by atoms with Crippen molar-refractivity contribution in [2.75, 3.05) is 13.7 Å². The maximum absolute atomic E-state index is 14.3. The van der Waals surface area contributed by atoms with Gasteiger partial charge in [0, 0.05) is 24.8 Å². The van der Waals surface area contributed by atoms with Gasteiger partial charge in [-0.3, -0.25) is 9.59 Å². The first-order valence-corrected chi connectivity index (χ1v) is 18.2. The molecule has 4 N–H and O–H groups in total. The van der Waals surface area contributed by atoms with Crippen molar-refractivity contribution >= 4 is 11.6 Å². The van der Waals surface area contributed by atoms with Gasteiger partial charge < -0.3 is 20.9 Å². The molecule has 4 aliphatic rings. The topological polar surface area (TPSA) is 102 Å². The minimum Gasteiger partial charge on any atom is -0.504 e. The van der Waals surface area contributed by atoms with E-state index >= 15 is 0 Å². The highest BCUT2D eigenvalue weighted by molar-refractivity contribution is 6.00. The second-order valence-corrected chi connectivity index (χ2v) is 14.8. The van der Waals surface area contributed by atoms with E-state index in [1.807, 2.05) is 24.3 Å². The fourth-order valence-corrected chi connectivity index (χ4v) is 9.44. The molecule has 0 amide bonds. The lowest BCUT2D eigenvalue weighted by atomic mass is 9.65. The van der Waals surface area contributed by atoms with Gasteiger partial charge in [0.05, 0.1) is 25.3 Å². The van der Waals surface area contributed by atoms with Crippen LogP contribution in [0.25, 0.3) is 0 Å². The molecule has 5 atom stereocenters. The van der Waals surface area contributed by atoms with E-state index in [9.17, 15) is 14.7 Å². The number of nitrogens with two attached hydrogens (primary N) is 1. The van der Waals surface area contributed by atoms with Crippen molar-refractivity contribution in [3.63, 3.8) is 0 Å². The normalized spacial score (nSPS) is 27.3. The van der Waals surface area contributed by atoms with Gasteiger partial charge in [0.1, 0.15) is 11.6 Å². The van der Waals surface area contributed by atoms with E-state index in [-0.39, 0.29) is 53.3 Å². The number of Topliss-reactive ketones (excluding diaryl/α,β-unsaturated/α-hetero) is 2. The van der Waals surface area contributed by atoms with Crippen LogP contribution in [0.15, 0.2) is 66.0 Å². The average Bonchev–Trinajstić information content (AvgIpc) is 3.47. The molecule has 3 aliphatic carbocycles. The number of ether oxygens (including phenoxy) is 1. The van der Waals surface area contributed by atoms with Crippen LogP contribution in [0.1, 0.15) is 107 Å². The lowest BCUT2D eigenvalue weighted by molar-refractivity contribution is -0.130. The summed E-state index contributed by atoms with van der Waals surface area (Å²) >= 11 is 0. The number of nitrogens with one attached hydrogen (secondary N) is 1. The number of dihydropyridines is 1. The highest BCUT2D eigenvalue weighted by Gasteiger charge is 2.46. The molecule has 5 unspecified atom stereocenters. The van der Waals surface area contributed by atoms with Crippen LogP contribution in [-0.4, -0.2) is 30.3 Å². The Kier molecular flexibility index (Phi) is 10.6. The third-order valence-corrected chi connectivity index (χ3v) is 11.7. The number of carbonyl (C=O) groups excluding carboxylic acids is 2. The number of hydrogen-bond acceptors (Lipinski definition) is 6. The number of methoxy groups -OCH3 is 1. The van der Waals surface area contributed by atoms with Crippen LogP contribution in [0.2, 0.25) is 0 Å². The monoisotopic (exact) mass is 648 g/mol. The highest BCUT2D eigenvalue weighted by atomic mass is 16.5. The number of carbonyl (C=O) groups is 2. The van der Waals surface area contributed by atoms with Crippen LogP contribution >= 0.6 is 0 Å². The van der Waals surface area contributed by atoms with Crippen molar-refractivity contribution < 1.29 is 19.4 Å². The number of ketones is 2. The van der Waals surface area contributed by atoms with Crippen LogP contribution in [0, 0.1) is 40.9 Å². The molecule has 2 fully saturated rings. The zero-order valence-corrected chi connectivity index (χ0v) is 28.7. The Morgan fingerprint density at radius 3 is 2.56 bits per heavy atom. The summed E-state index contributed by atoms with van der Waals surface area (Å²) in [5.41, 5.74) is 10.5. The largest absolute Gasteiger partial charge is 0.504 e. The smallest absolute Gasteiger partial charge is 0.160 e. The first-order chi connectivity index (χ1) is 23.3. The van der Waals surface area contributed by atoms with E-state index < -0.39 is 0 Å². The van der Waals surface area contributed by atoms with Crippen LogP contribution in [0.4, 0.5) is 0 Å². The first-order valence-electron chi connectivity index (χ1n) is 18.2. The molecule has 0 bridgehead atoms. The SMILES string of the molecule is CCCC1(C2CC(CC3=CCNC(N)=C3)CC3C#CC(c4ccccc4)c4cc(O)c(OC)cc4CCC(=O)CC(=O)C3C2)CCCC1. The maximum atomic E-state index is 14.3. The third kappa shape index (κ3) is 7.51. The maximum Gasteiger partial charge on any atom is 0.160 e. The summed E-state index contributed by atoms with van der Waals surface area (Å²) in [6, 6.07) is 13.8. The number of hydrogen-bond donors (Lipinski definition) is 3. The Morgan fingerprint density at radius 1 is 1.04 bits per heavy atom. The number of fused-ring (bicyclic) bond motifs is 2. The Morgan fingerprint density at radius 2 is 1.83 bits per heavy atom. The molecule has 2 saturated carbocycles. The van der Waals surface area contributed by atoms with Crippen LogP contribution < -0.4 is 15.8 Å². The van der Waals surface area contributed by atoms with Gasteiger partial charge in [-0.1, -0.05) is 74.4 Å². The van der Waals surface area contributed by atoms with Gasteiger partial charge in [-0.05, 0) is 109 Å². The van der Waals surface area contributed by atoms with E-state index in [1.54, 1.807) is 6.07 Å². The molecular weight excluding hydrogens is 596 g/mol. The number of phenolic OH excluding ortho intramolecular Hbond substituents is 1. The van der Waals surface area contributed by atoms with Crippen molar-refractivity contribution in [2.45, 2.75) is 96.3 Å². The average molecular weight is 649 g/mol. The number of aryl methyl sites for hydroxylation is 1. The minimum atomic E-state index is -0.322. The summed E-state index contributed by atoms with van der Waals surface area (Å²) in [5, 5.41) is 14.1. The third-order valence-electron chi connectivity index (χ3n) is 11.7. The van der Waals surface area contributed by atoms with Crippen molar-refractivity contribution in [2.24, 2.45) is 34.8 Å². The molecular formula is C42H52N2O4. The Hall–Kier alpha value is -3.98. The lowest BCUT2D eigenvalue weighted by Gasteiger charge is -2.40. The zero-order valence-electron chi connectivity index (χ0n) is 28.7. The van der Waals surface area contributed by atoms with E-state index in [1.165, 1.54) is 44.8 Å².